The fraction of sp³-hybridized carbons (Fsp3) is 0.400. The first-order valence-electron chi connectivity index (χ1n) is 6.99. The maximum Gasteiger partial charge on any atom is 0.412 e. The van der Waals surface area contributed by atoms with Crippen molar-refractivity contribution in [1.82, 2.24) is 4.98 Å². The average Bonchev–Trinajstić information content (AvgIpc) is 2.38. The van der Waals surface area contributed by atoms with Crippen molar-refractivity contribution in [2.75, 3.05) is 0 Å². The van der Waals surface area contributed by atoms with Crippen molar-refractivity contribution in [2.45, 2.75) is 30.7 Å². The van der Waals surface area contributed by atoms with Gasteiger partial charge in [0.1, 0.15) is 0 Å². The van der Waals surface area contributed by atoms with Gasteiger partial charge in [0.15, 0.2) is 0 Å². The van der Waals surface area contributed by atoms with E-state index in [4.69, 9.17) is 5.73 Å². The molecule has 0 fully saturated rings. The summed E-state index contributed by atoms with van der Waals surface area (Å²) in [5, 5.41) is 0. The van der Waals surface area contributed by atoms with Gasteiger partial charge >= 0.3 is 12.4 Å². The van der Waals surface area contributed by atoms with Crippen LogP contribution in [0.5, 0.6) is 0 Å². The third kappa shape index (κ3) is 2.77. The number of hydrogen-bond acceptors (Lipinski definition) is 2. The Morgan fingerprint density at radius 1 is 1.21 bits per heavy atom. The number of nitrogens with one attached hydrogen (secondary N) is 1. The number of aromatic nitrogens is 1. The van der Waals surface area contributed by atoms with Gasteiger partial charge in [0.2, 0.25) is 5.56 Å². The van der Waals surface area contributed by atoms with Gasteiger partial charge in [-0.2, -0.15) is 26.3 Å². The zero-order chi connectivity index (χ0) is 17.9. The van der Waals surface area contributed by atoms with Crippen LogP contribution in [0.1, 0.15) is 17.7 Å². The average molecular weight is 350 g/mol. The Hall–Kier alpha value is -2.03. The number of aromatic amines is 1. The lowest BCUT2D eigenvalue weighted by atomic mass is 9.63. The van der Waals surface area contributed by atoms with E-state index in [0.717, 1.165) is 12.1 Å². The number of pyridine rings is 1. The molecule has 2 atom stereocenters. The molecule has 3 rings (SSSR count). The number of halogens is 6. The minimum absolute atomic E-state index is 0.0185. The molecule has 2 aliphatic rings. The van der Waals surface area contributed by atoms with E-state index in [1.807, 2.05) is 0 Å². The molecule has 1 aromatic rings. The fourth-order valence-electron chi connectivity index (χ4n) is 3.47. The molecular formula is C15H12F6N2O. The summed E-state index contributed by atoms with van der Waals surface area (Å²) in [6, 6.07) is 2.25. The Bertz CT molecular complexity index is 801. The van der Waals surface area contributed by atoms with Gasteiger partial charge in [-0.15, -0.1) is 0 Å². The van der Waals surface area contributed by atoms with Crippen LogP contribution in [0.4, 0.5) is 26.3 Å². The molecule has 0 amide bonds. The first-order chi connectivity index (χ1) is 10.9. The van der Waals surface area contributed by atoms with Crippen molar-refractivity contribution < 1.29 is 26.3 Å². The second-order valence-corrected chi connectivity index (χ2v) is 6.00. The van der Waals surface area contributed by atoms with Crippen LogP contribution >= 0.6 is 0 Å². The quantitative estimate of drug-likeness (QED) is 0.558. The van der Waals surface area contributed by atoms with E-state index in [0.29, 0.717) is 0 Å². The van der Waals surface area contributed by atoms with Crippen molar-refractivity contribution in [3.8, 4) is 0 Å². The number of H-pyrrole nitrogens is 1. The maximum atomic E-state index is 13.1. The van der Waals surface area contributed by atoms with Crippen LogP contribution in [0.3, 0.4) is 0 Å². The van der Waals surface area contributed by atoms with Crippen LogP contribution in [0.25, 0.3) is 0 Å². The molecule has 0 radical (unpaired) electrons. The van der Waals surface area contributed by atoms with E-state index in [2.05, 4.69) is 4.98 Å². The lowest BCUT2D eigenvalue weighted by Gasteiger charge is -2.45. The van der Waals surface area contributed by atoms with Gasteiger partial charge in [-0.3, -0.25) is 4.79 Å². The summed E-state index contributed by atoms with van der Waals surface area (Å²) in [7, 11) is 0. The van der Waals surface area contributed by atoms with E-state index >= 15 is 0 Å². The first-order valence-corrected chi connectivity index (χ1v) is 6.99. The second-order valence-electron chi connectivity index (χ2n) is 6.00. The van der Waals surface area contributed by atoms with E-state index in [9.17, 15) is 31.1 Å². The minimum atomic E-state index is -4.71. The van der Waals surface area contributed by atoms with Gasteiger partial charge in [0, 0.05) is 35.7 Å². The van der Waals surface area contributed by atoms with E-state index in [1.165, 1.54) is 6.07 Å². The smallest absolute Gasteiger partial charge is 0.326 e. The summed E-state index contributed by atoms with van der Waals surface area (Å²) in [6.07, 6.45) is -9.61. The Morgan fingerprint density at radius 2 is 1.88 bits per heavy atom. The predicted octanol–water partition coefficient (Wildman–Crippen LogP) is 3.08. The Morgan fingerprint density at radius 3 is 2.46 bits per heavy atom. The topological polar surface area (TPSA) is 58.9 Å². The molecule has 24 heavy (non-hydrogen) atoms. The van der Waals surface area contributed by atoms with Crippen molar-refractivity contribution in [3.63, 3.8) is 0 Å². The second kappa shape index (κ2) is 4.98. The zero-order valence-electron chi connectivity index (χ0n) is 12.1. The summed E-state index contributed by atoms with van der Waals surface area (Å²) in [5.41, 5.74) is 2.71. The standard InChI is InChI=1S/C15H12F6N2O/c16-14(17,18)6-10-7-3-8(15(19,20)21)5-13(10,22)9-1-2-12(24)23-11(9)4-7/h1-3,6-7H,4-5,22H2,(H,23,24)/b10-6+. The molecule has 3 nitrogen and oxygen atoms in total. The monoisotopic (exact) mass is 350 g/mol. The Kier molecular flexibility index (Phi) is 3.49. The normalized spacial score (nSPS) is 28.5. The van der Waals surface area contributed by atoms with Crippen LogP contribution in [-0.4, -0.2) is 17.3 Å². The summed E-state index contributed by atoms with van der Waals surface area (Å²) < 4.78 is 77.9. The molecule has 1 aromatic heterocycles. The SMILES string of the molecule is NC12CC(C(F)(F)F)=CC(Cc3[nH]c(=O)ccc31)/C2=C\C(F)(F)F. The van der Waals surface area contributed by atoms with Crippen LogP contribution in [0, 0.1) is 5.92 Å². The Balaban J connectivity index is 2.25. The summed E-state index contributed by atoms with van der Waals surface area (Å²) >= 11 is 0. The molecule has 3 N–H and O–H groups in total. The molecule has 0 aliphatic heterocycles. The van der Waals surface area contributed by atoms with Gasteiger partial charge < -0.3 is 10.7 Å². The van der Waals surface area contributed by atoms with E-state index in [1.54, 1.807) is 0 Å². The molecule has 1 heterocycles. The molecule has 0 saturated carbocycles. The molecule has 0 saturated heterocycles. The van der Waals surface area contributed by atoms with Crippen LogP contribution in [-0.2, 0) is 12.0 Å². The summed E-state index contributed by atoms with van der Waals surface area (Å²) in [5.74, 6) is -1.17. The molecular weight excluding hydrogens is 338 g/mol. The van der Waals surface area contributed by atoms with Gasteiger partial charge in [0.05, 0.1) is 5.54 Å². The van der Waals surface area contributed by atoms with Crippen molar-refractivity contribution >= 4 is 0 Å². The highest BCUT2D eigenvalue weighted by Crippen LogP contribution is 2.51. The summed E-state index contributed by atoms with van der Waals surface area (Å²) in [4.78, 5) is 13.9. The number of alkyl halides is 6. The van der Waals surface area contributed by atoms with Gasteiger partial charge in [-0.25, -0.2) is 0 Å². The molecule has 2 unspecified atom stereocenters. The molecule has 9 heteroatoms. The number of nitrogens with two attached hydrogens (primary N) is 1. The maximum absolute atomic E-state index is 13.1. The highest BCUT2D eigenvalue weighted by Gasteiger charge is 2.51. The third-order valence-corrected chi connectivity index (χ3v) is 4.37. The minimum Gasteiger partial charge on any atom is -0.326 e. The molecule has 2 aliphatic carbocycles. The van der Waals surface area contributed by atoms with Gasteiger partial charge in [-0.1, -0.05) is 6.08 Å². The summed E-state index contributed by atoms with van der Waals surface area (Å²) in [6.45, 7) is 0. The fourth-order valence-corrected chi connectivity index (χ4v) is 3.47. The van der Waals surface area contributed by atoms with Gasteiger partial charge in [0.25, 0.3) is 0 Å². The van der Waals surface area contributed by atoms with Crippen LogP contribution in [0.2, 0.25) is 0 Å². The predicted molar refractivity (Wildman–Crippen MR) is 73.0 cm³/mol. The third-order valence-electron chi connectivity index (χ3n) is 4.37. The first kappa shape index (κ1) is 16.8. The van der Waals surface area contributed by atoms with E-state index in [-0.39, 0.29) is 29.3 Å². The van der Waals surface area contributed by atoms with Crippen molar-refractivity contribution in [2.24, 2.45) is 11.7 Å². The molecule has 0 aromatic carbocycles. The number of allylic oxidation sites excluding steroid dienone is 2. The number of fused-ring (bicyclic) bond motifs is 4. The van der Waals surface area contributed by atoms with Crippen LogP contribution < -0.4 is 11.3 Å². The van der Waals surface area contributed by atoms with Crippen LogP contribution in [0.15, 0.2) is 40.2 Å². The lowest BCUT2D eigenvalue weighted by Crippen LogP contribution is -2.50. The molecule has 2 bridgehead atoms. The highest BCUT2D eigenvalue weighted by molar-refractivity contribution is 5.50. The van der Waals surface area contributed by atoms with Gasteiger partial charge in [-0.05, 0) is 23.6 Å². The lowest BCUT2D eigenvalue weighted by molar-refractivity contribution is -0.0974. The molecule has 0 spiro atoms. The number of hydrogen-bond donors (Lipinski definition) is 2. The van der Waals surface area contributed by atoms with E-state index < -0.39 is 41.4 Å². The van der Waals surface area contributed by atoms with Crippen molar-refractivity contribution in [3.05, 3.63) is 57.0 Å². The number of rotatable bonds is 0. The molecule has 130 valence electrons. The Labute approximate surface area is 131 Å². The van der Waals surface area contributed by atoms with Crippen molar-refractivity contribution in [1.29, 1.82) is 0 Å². The zero-order valence-corrected chi connectivity index (χ0v) is 12.1. The largest absolute Gasteiger partial charge is 0.412 e. The highest BCUT2D eigenvalue weighted by atomic mass is 19.4.